The Morgan fingerprint density at radius 3 is 2.23 bits per heavy atom. The van der Waals surface area contributed by atoms with Crippen molar-refractivity contribution in [1.82, 2.24) is 9.78 Å². The molecule has 3 rings (SSSR count). The van der Waals surface area contributed by atoms with Gasteiger partial charge in [0.15, 0.2) is 5.69 Å². The average Bonchev–Trinajstić information content (AvgIpc) is 2.84. The lowest BCUT2D eigenvalue weighted by molar-refractivity contribution is -0.178. The fraction of sp³-hybridized carbons (Fsp3) is 0.308. The second-order valence-electron chi connectivity index (χ2n) is 8.85. The summed E-state index contributed by atoms with van der Waals surface area (Å²) in [5.74, 6) is -5.78. The third-order valence-electron chi connectivity index (χ3n) is 5.95. The molecule has 2 atom stereocenters. The van der Waals surface area contributed by atoms with Gasteiger partial charge < -0.3 is 10.4 Å². The second kappa shape index (κ2) is 11.7. The molecule has 2 aromatic carbocycles. The van der Waals surface area contributed by atoms with Crippen LogP contribution < -0.4 is 10.9 Å². The highest BCUT2D eigenvalue weighted by Gasteiger charge is 2.45. The Labute approximate surface area is 218 Å². The minimum absolute atomic E-state index is 0.00699. The van der Waals surface area contributed by atoms with Crippen molar-refractivity contribution in [3.63, 3.8) is 0 Å². The molecule has 7 nitrogen and oxygen atoms in total. The molecule has 208 valence electrons. The number of halogens is 6. The molecule has 13 heteroatoms. The summed E-state index contributed by atoms with van der Waals surface area (Å²) >= 11 is 0. The van der Waals surface area contributed by atoms with Crippen LogP contribution in [-0.4, -0.2) is 32.9 Å². The lowest BCUT2D eigenvalue weighted by Crippen LogP contribution is -2.34. The van der Waals surface area contributed by atoms with Crippen molar-refractivity contribution in [2.24, 2.45) is 5.92 Å². The lowest BCUT2D eigenvalue weighted by Gasteiger charge is -2.26. The van der Waals surface area contributed by atoms with Crippen LogP contribution in [0.25, 0.3) is 0 Å². The summed E-state index contributed by atoms with van der Waals surface area (Å²) in [5.41, 5.74) is -1.06. The molecule has 1 aromatic heterocycles. The number of anilines is 1. The monoisotopic (exact) mass is 555 g/mol. The number of nitrogens with one attached hydrogen (secondary N) is 1. The van der Waals surface area contributed by atoms with E-state index in [9.17, 15) is 40.7 Å². The Bertz CT molecular complexity index is 1380. The van der Waals surface area contributed by atoms with Gasteiger partial charge in [-0.1, -0.05) is 43.3 Å². The molecule has 0 saturated carbocycles. The second-order valence-corrected chi connectivity index (χ2v) is 8.85. The first-order valence-electron chi connectivity index (χ1n) is 11.6. The molecule has 0 saturated heterocycles. The summed E-state index contributed by atoms with van der Waals surface area (Å²) in [4.78, 5) is 35.8. The van der Waals surface area contributed by atoms with Gasteiger partial charge in [-0.3, -0.25) is 14.4 Å². The largest absolute Gasteiger partial charge is 0.481 e. The standard InChI is InChI=1S/C26H23F6N3O4/c1-15(25(27,28)29)23(24(39)33-19-4-2-3-16(13-19)7-12-22(37)38)18-8-5-17(6-9-18)14-35-21(36)11-10-20(34-35)26(30,31)32/h2-6,8-11,13,15,23H,7,12,14H2,1H3,(H,33,39)(H,37,38). The van der Waals surface area contributed by atoms with Gasteiger partial charge in [0.2, 0.25) is 5.91 Å². The molecule has 39 heavy (non-hydrogen) atoms. The maximum absolute atomic E-state index is 13.7. The number of benzene rings is 2. The van der Waals surface area contributed by atoms with Gasteiger partial charge in [-0.25, -0.2) is 4.68 Å². The molecule has 0 bridgehead atoms. The maximum Gasteiger partial charge on any atom is 0.435 e. The molecule has 1 amide bonds. The van der Waals surface area contributed by atoms with Crippen molar-refractivity contribution in [3.05, 3.63) is 93.4 Å². The van der Waals surface area contributed by atoms with Gasteiger partial charge in [-0.05, 0) is 41.3 Å². The first-order chi connectivity index (χ1) is 18.1. The Morgan fingerprint density at radius 2 is 1.64 bits per heavy atom. The van der Waals surface area contributed by atoms with E-state index in [0.29, 0.717) is 22.4 Å². The van der Waals surface area contributed by atoms with Crippen molar-refractivity contribution in [3.8, 4) is 0 Å². The molecule has 0 fully saturated rings. The van der Waals surface area contributed by atoms with E-state index < -0.39 is 47.3 Å². The van der Waals surface area contributed by atoms with Gasteiger partial charge >= 0.3 is 18.3 Å². The van der Waals surface area contributed by atoms with E-state index in [0.717, 1.165) is 6.92 Å². The molecule has 0 aliphatic carbocycles. The van der Waals surface area contributed by atoms with Crippen molar-refractivity contribution in [2.75, 3.05) is 5.32 Å². The smallest absolute Gasteiger partial charge is 0.435 e. The Hall–Kier alpha value is -4.16. The Morgan fingerprint density at radius 1 is 0.974 bits per heavy atom. The number of carboxylic acid groups (broad SMARTS) is 1. The summed E-state index contributed by atoms with van der Waals surface area (Å²) in [6, 6.07) is 12.4. The van der Waals surface area contributed by atoms with E-state index in [1.165, 1.54) is 42.5 Å². The first kappa shape index (κ1) is 29.4. The molecule has 2 N–H and O–H groups in total. The lowest BCUT2D eigenvalue weighted by atomic mass is 9.85. The van der Waals surface area contributed by atoms with E-state index in [-0.39, 0.29) is 36.2 Å². The van der Waals surface area contributed by atoms with E-state index in [4.69, 9.17) is 5.11 Å². The summed E-state index contributed by atoms with van der Waals surface area (Å²) in [6.07, 6.45) is -9.52. The van der Waals surface area contributed by atoms with Gasteiger partial charge in [0, 0.05) is 18.2 Å². The van der Waals surface area contributed by atoms with Crippen LogP contribution in [0.4, 0.5) is 32.0 Å². The highest BCUT2D eigenvalue weighted by atomic mass is 19.4. The third kappa shape index (κ3) is 7.91. The fourth-order valence-electron chi connectivity index (χ4n) is 3.85. The molecule has 0 radical (unpaired) electrons. The van der Waals surface area contributed by atoms with Crippen molar-refractivity contribution >= 4 is 17.6 Å². The van der Waals surface area contributed by atoms with Gasteiger partial charge in [-0.15, -0.1) is 0 Å². The van der Waals surface area contributed by atoms with Crippen LogP contribution in [0, 0.1) is 5.92 Å². The van der Waals surface area contributed by atoms with Crippen molar-refractivity contribution < 1.29 is 41.0 Å². The third-order valence-corrected chi connectivity index (χ3v) is 5.95. The fourth-order valence-corrected chi connectivity index (χ4v) is 3.85. The van der Waals surface area contributed by atoms with Crippen LogP contribution in [0.3, 0.4) is 0 Å². The molecule has 3 aromatic rings. The Kier molecular flexibility index (Phi) is 8.82. The summed E-state index contributed by atoms with van der Waals surface area (Å²) < 4.78 is 80.5. The normalized spacial score (nSPS) is 13.5. The minimum Gasteiger partial charge on any atom is -0.481 e. The van der Waals surface area contributed by atoms with Crippen LogP contribution in [0.15, 0.2) is 65.5 Å². The maximum atomic E-state index is 13.7. The van der Waals surface area contributed by atoms with Crippen LogP contribution in [0.5, 0.6) is 0 Å². The number of carbonyl (C=O) groups is 2. The highest BCUT2D eigenvalue weighted by molar-refractivity contribution is 5.96. The van der Waals surface area contributed by atoms with E-state index in [2.05, 4.69) is 10.4 Å². The number of carbonyl (C=O) groups excluding carboxylic acids is 1. The molecule has 0 aliphatic rings. The van der Waals surface area contributed by atoms with Crippen LogP contribution >= 0.6 is 0 Å². The van der Waals surface area contributed by atoms with E-state index in [1.54, 1.807) is 6.07 Å². The van der Waals surface area contributed by atoms with E-state index >= 15 is 0 Å². The van der Waals surface area contributed by atoms with Gasteiger partial charge in [0.05, 0.1) is 18.4 Å². The zero-order chi connectivity index (χ0) is 29.0. The minimum atomic E-state index is -4.77. The van der Waals surface area contributed by atoms with Crippen LogP contribution in [0.2, 0.25) is 0 Å². The van der Waals surface area contributed by atoms with Crippen molar-refractivity contribution in [1.29, 1.82) is 0 Å². The summed E-state index contributed by atoms with van der Waals surface area (Å²) in [7, 11) is 0. The highest BCUT2D eigenvalue weighted by Crippen LogP contribution is 2.38. The number of carboxylic acids is 1. The molecular formula is C26H23F6N3O4. The first-order valence-corrected chi connectivity index (χ1v) is 11.6. The number of alkyl halides is 6. The molecule has 0 aliphatic heterocycles. The molecule has 2 unspecified atom stereocenters. The number of aliphatic carboxylic acids is 1. The molecule has 0 spiro atoms. The zero-order valence-electron chi connectivity index (χ0n) is 20.4. The topological polar surface area (TPSA) is 101 Å². The molecular weight excluding hydrogens is 532 g/mol. The number of hydrogen-bond donors (Lipinski definition) is 2. The number of amides is 1. The number of nitrogens with zero attached hydrogens (tertiary/aromatic N) is 2. The van der Waals surface area contributed by atoms with Gasteiger partial charge in [0.1, 0.15) is 0 Å². The van der Waals surface area contributed by atoms with Crippen molar-refractivity contribution in [2.45, 2.75) is 44.6 Å². The van der Waals surface area contributed by atoms with Gasteiger partial charge in [0.25, 0.3) is 5.56 Å². The predicted molar refractivity (Wildman–Crippen MR) is 128 cm³/mol. The number of aryl methyl sites for hydroxylation is 1. The summed E-state index contributed by atoms with van der Waals surface area (Å²) in [6.45, 7) is 0.478. The SMILES string of the molecule is CC(C(C(=O)Nc1cccc(CCC(=O)O)c1)c1ccc(Cn2nc(C(F)(F)F)ccc2=O)cc1)C(F)(F)F. The number of aromatic nitrogens is 2. The van der Waals surface area contributed by atoms with Crippen LogP contribution in [0.1, 0.15) is 41.6 Å². The quantitative estimate of drug-likeness (QED) is 0.352. The van der Waals surface area contributed by atoms with E-state index in [1.807, 2.05) is 0 Å². The Balaban J connectivity index is 1.86. The van der Waals surface area contributed by atoms with Gasteiger partial charge in [-0.2, -0.15) is 31.4 Å². The van der Waals surface area contributed by atoms with Crippen LogP contribution in [-0.2, 0) is 28.7 Å². The zero-order valence-corrected chi connectivity index (χ0v) is 20.4. The molecule has 1 heterocycles. The predicted octanol–water partition coefficient (Wildman–Crippen LogP) is 5.25. The number of hydrogen-bond acceptors (Lipinski definition) is 4. The average molecular weight is 555 g/mol. The number of rotatable bonds is 9. The summed E-state index contributed by atoms with van der Waals surface area (Å²) in [5, 5.41) is 14.6.